The number of rotatable bonds is 4. The van der Waals surface area contributed by atoms with Gasteiger partial charge >= 0.3 is 0 Å². The highest BCUT2D eigenvalue weighted by atomic mass is 19.1. The molecule has 0 N–H and O–H groups in total. The van der Waals surface area contributed by atoms with Crippen molar-refractivity contribution < 1.29 is 9.18 Å². The Morgan fingerprint density at radius 3 is 2.35 bits per heavy atom. The maximum atomic E-state index is 13.2. The van der Waals surface area contributed by atoms with Gasteiger partial charge in [-0.2, -0.15) is 0 Å². The molecule has 0 bridgehead atoms. The van der Waals surface area contributed by atoms with Crippen LogP contribution in [0.1, 0.15) is 30.4 Å². The highest BCUT2D eigenvalue weighted by Gasteiger charge is 2.52. The van der Waals surface area contributed by atoms with Gasteiger partial charge in [-0.05, 0) is 42.5 Å². The molecule has 1 saturated carbocycles. The summed E-state index contributed by atoms with van der Waals surface area (Å²) in [6.07, 6.45) is 2.91. The molecule has 1 aliphatic carbocycles. The molecule has 136 valence electrons. The van der Waals surface area contributed by atoms with Gasteiger partial charge in [0.15, 0.2) is 0 Å². The first-order chi connectivity index (χ1) is 12.7. The lowest BCUT2D eigenvalue weighted by molar-refractivity contribution is -0.133. The number of amides is 1. The molecule has 0 atom stereocenters. The van der Waals surface area contributed by atoms with Gasteiger partial charge in [-0.1, -0.05) is 42.5 Å². The summed E-state index contributed by atoms with van der Waals surface area (Å²) in [4.78, 5) is 17.6. The molecule has 2 aromatic rings. The Morgan fingerprint density at radius 1 is 0.923 bits per heavy atom. The van der Waals surface area contributed by atoms with E-state index in [0.29, 0.717) is 5.91 Å². The maximum Gasteiger partial charge on any atom is 0.233 e. The SMILES string of the molecule is O=C(N1CCCN(Cc2ccc(F)cc2)CC1)C1(c2ccccc2)CC1. The summed E-state index contributed by atoms with van der Waals surface area (Å²) in [7, 11) is 0. The summed E-state index contributed by atoms with van der Waals surface area (Å²) in [5.41, 5.74) is 2.01. The smallest absolute Gasteiger partial charge is 0.233 e. The Balaban J connectivity index is 1.39. The number of halogens is 1. The molecule has 4 rings (SSSR count). The maximum absolute atomic E-state index is 13.2. The third kappa shape index (κ3) is 3.51. The predicted octanol–water partition coefficient (Wildman–Crippen LogP) is 3.59. The van der Waals surface area contributed by atoms with Crippen LogP contribution >= 0.6 is 0 Å². The van der Waals surface area contributed by atoms with Crippen LogP contribution in [0.15, 0.2) is 54.6 Å². The van der Waals surface area contributed by atoms with Crippen molar-refractivity contribution in [3.8, 4) is 0 Å². The first kappa shape index (κ1) is 17.2. The summed E-state index contributed by atoms with van der Waals surface area (Å²) in [6.45, 7) is 4.25. The highest BCUT2D eigenvalue weighted by Crippen LogP contribution is 2.49. The van der Waals surface area contributed by atoms with E-state index >= 15 is 0 Å². The quantitative estimate of drug-likeness (QED) is 0.839. The van der Waals surface area contributed by atoms with Crippen molar-refractivity contribution in [2.24, 2.45) is 0 Å². The van der Waals surface area contributed by atoms with Crippen molar-refractivity contribution in [2.75, 3.05) is 26.2 Å². The topological polar surface area (TPSA) is 23.6 Å². The molecule has 0 aromatic heterocycles. The van der Waals surface area contributed by atoms with Gasteiger partial charge in [0.1, 0.15) is 5.82 Å². The molecule has 0 spiro atoms. The number of hydrogen-bond donors (Lipinski definition) is 0. The molecule has 26 heavy (non-hydrogen) atoms. The Morgan fingerprint density at radius 2 is 1.65 bits per heavy atom. The zero-order chi connectivity index (χ0) is 18.0. The highest BCUT2D eigenvalue weighted by molar-refractivity contribution is 5.91. The minimum atomic E-state index is -0.270. The average molecular weight is 352 g/mol. The van der Waals surface area contributed by atoms with Crippen molar-refractivity contribution in [3.63, 3.8) is 0 Å². The van der Waals surface area contributed by atoms with Gasteiger partial charge in [0.05, 0.1) is 5.41 Å². The molecule has 1 amide bonds. The lowest BCUT2D eigenvalue weighted by Gasteiger charge is -2.26. The largest absolute Gasteiger partial charge is 0.341 e. The number of hydrogen-bond acceptors (Lipinski definition) is 2. The summed E-state index contributed by atoms with van der Waals surface area (Å²) in [5.74, 6) is 0.101. The number of carbonyl (C=O) groups excluding carboxylic acids is 1. The first-order valence-electron chi connectivity index (χ1n) is 9.49. The van der Waals surface area contributed by atoms with Crippen LogP contribution < -0.4 is 0 Å². The Kier molecular flexibility index (Phi) is 4.77. The van der Waals surface area contributed by atoms with Crippen molar-refractivity contribution in [3.05, 3.63) is 71.5 Å². The predicted molar refractivity (Wildman–Crippen MR) is 100 cm³/mol. The lowest BCUT2D eigenvalue weighted by atomic mass is 9.94. The van der Waals surface area contributed by atoms with E-state index in [0.717, 1.165) is 63.1 Å². The Hall–Kier alpha value is -2.20. The molecule has 2 fully saturated rings. The minimum absolute atomic E-state index is 0.197. The summed E-state index contributed by atoms with van der Waals surface area (Å²) in [5, 5.41) is 0. The molecule has 1 aliphatic heterocycles. The second kappa shape index (κ2) is 7.20. The standard InChI is InChI=1S/C22H25FN2O/c23-20-9-7-18(8-10-20)17-24-13-4-14-25(16-15-24)21(26)22(11-12-22)19-5-2-1-3-6-19/h1-3,5-10H,4,11-17H2. The van der Waals surface area contributed by atoms with Crippen LogP contribution in [0.5, 0.6) is 0 Å². The number of carbonyl (C=O) groups is 1. The van der Waals surface area contributed by atoms with Crippen LogP contribution in [-0.4, -0.2) is 41.9 Å². The summed E-state index contributed by atoms with van der Waals surface area (Å²) >= 11 is 0. The van der Waals surface area contributed by atoms with Crippen LogP contribution in [-0.2, 0) is 16.8 Å². The number of benzene rings is 2. The van der Waals surface area contributed by atoms with E-state index in [1.54, 1.807) is 0 Å². The molecule has 0 radical (unpaired) electrons. The van der Waals surface area contributed by atoms with Gasteiger partial charge < -0.3 is 4.90 Å². The van der Waals surface area contributed by atoms with Crippen LogP contribution in [0.3, 0.4) is 0 Å². The molecule has 2 aromatic carbocycles. The zero-order valence-corrected chi connectivity index (χ0v) is 15.0. The fourth-order valence-corrected chi connectivity index (χ4v) is 3.99. The van der Waals surface area contributed by atoms with Crippen LogP contribution in [0.25, 0.3) is 0 Å². The van der Waals surface area contributed by atoms with Crippen LogP contribution in [0, 0.1) is 5.82 Å². The Labute approximate surface area is 154 Å². The first-order valence-corrected chi connectivity index (χ1v) is 9.49. The van der Waals surface area contributed by atoms with Crippen LogP contribution in [0.2, 0.25) is 0 Å². The van der Waals surface area contributed by atoms with Gasteiger partial charge in [0.25, 0.3) is 0 Å². The Bertz CT molecular complexity index is 755. The third-order valence-electron chi connectivity index (χ3n) is 5.68. The van der Waals surface area contributed by atoms with E-state index < -0.39 is 0 Å². The molecule has 1 saturated heterocycles. The van der Waals surface area contributed by atoms with E-state index in [9.17, 15) is 9.18 Å². The molecule has 2 aliphatic rings. The van der Waals surface area contributed by atoms with Gasteiger partial charge in [0, 0.05) is 32.7 Å². The van der Waals surface area contributed by atoms with Crippen molar-refractivity contribution >= 4 is 5.91 Å². The second-order valence-corrected chi connectivity index (χ2v) is 7.50. The monoisotopic (exact) mass is 352 g/mol. The minimum Gasteiger partial charge on any atom is -0.341 e. The summed E-state index contributed by atoms with van der Waals surface area (Å²) in [6, 6.07) is 16.9. The van der Waals surface area contributed by atoms with Crippen molar-refractivity contribution in [2.45, 2.75) is 31.2 Å². The fraction of sp³-hybridized carbons (Fsp3) is 0.409. The van der Waals surface area contributed by atoms with E-state index in [1.165, 1.54) is 12.1 Å². The molecule has 4 heteroatoms. The van der Waals surface area contributed by atoms with Crippen molar-refractivity contribution in [1.82, 2.24) is 9.80 Å². The fourth-order valence-electron chi connectivity index (χ4n) is 3.99. The van der Waals surface area contributed by atoms with Gasteiger partial charge in [-0.15, -0.1) is 0 Å². The average Bonchev–Trinajstić information content (AvgIpc) is 3.49. The molecule has 1 heterocycles. The third-order valence-corrected chi connectivity index (χ3v) is 5.68. The normalized spacial score (nSPS) is 19.8. The van der Waals surface area contributed by atoms with Gasteiger partial charge in [0.2, 0.25) is 5.91 Å². The zero-order valence-electron chi connectivity index (χ0n) is 15.0. The van der Waals surface area contributed by atoms with Gasteiger partial charge in [-0.25, -0.2) is 4.39 Å². The molecule has 0 unspecified atom stereocenters. The molecular formula is C22H25FN2O. The lowest BCUT2D eigenvalue weighted by Crippen LogP contribution is -2.41. The summed E-state index contributed by atoms with van der Waals surface area (Å²) < 4.78 is 13.1. The number of nitrogens with zero attached hydrogens (tertiary/aromatic N) is 2. The van der Waals surface area contributed by atoms with Gasteiger partial charge in [-0.3, -0.25) is 9.69 Å². The van der Waals surface area contributed by atoms with E-state index in [-0.39, 0.29) is 11.2 Å². The van der Waals surface area contributed by atoms with E-state index in [2.05, 4.69) is 21.9 Å². The molecule has 3 nitrogen and oxygen atoms in total. The van der Waals surface area contributed by atoms with Crippen LogP contribution in [0.4, 0.5) is 4.39 Å². The molecular weight excluding hydrogens is 327 g/mol. The second-order valence-electron chi connectivity index (χ2n) is 7.50. The van der Waals surface area contributed by atoms with E-state index in [4.69, 9.17) is 0 Å². The van der Waals surface area contributed by atoms with E-state index in [1.807, 2.05) is 30.3 Å². The van der Waals surface area contributed by atoms with Crippen molar-refractivity contribution in [1.29, 1.82) is 0 Å².